The SMILES string of the molecule is COc1cccc(CO[C@H](C)C(=O)NC(C(N)=O)C(N)=O)c1. The van der Waals surface area contributed by atoms with Gasteiger partial charge in [0.1, 0.15) is 11.9 Å². The fourth-order valence-electron chi connectivity index (χ4n) is 1.60. The van der Waals surface area contributed by atoms with Gasteiger partial charge in [-0.1, -0.05) is 12.1 Å². The summed E-state index contributed by atoms with van der Waals surface area (Å²) in [6, 6.07) is 5.58. The van der Waals surface area contributed by atoms with Crippen molar-refractivity contribution in [2.75, 3.05) is 7.11 Å². The summed E-state index contributed by atoms with van der Waals surface area (Å²) in [5.74, 6) is -2.05. The topological polar surface area (TPSA) is 134 Å². The van der Waals surface area contributed by atoms with Gasteiger partial charge in [-0.25, -0.2) is 0 Å². The molecule has 0 heterocycles. The third-order valence-corrected chi connectivity index (χ3v) is 2.86. The highest BCUT2D eigenvalue weighted by Crippen LogP contribution is 2.13. The zero-order valence-electron chi connectivity index (χ0n) is 12.4. The summed E-state index contributed by atoms with van der Waals surface area (Å²) >= 11 is 0. The van der Waals surface area contributed by atoms with E-state index in [4.69, 9.17) is 20.9 Å². The van der Waals surface area contributed by atoms with E-state index in [1.165, 1.54) is 6.92 Å². The van der Waals surface area contributed by atoms with E-state index in [-0.39, 0.29) is 6.61 Å². The molecule has 5 N–H and O–H groups in total. The first kappa shape index (κ1) is 17.4. The second kappa shape index (κ2) is 7.99. The highest BCUT2D eigenvalue weighted by atomic mass is 16.5. The van der Waals surface area contributed by atoms with E-state index in [1.54, 1.807) is 25.3 Å². The predicted molar refractivity (Wildman–Crippen MR) is 77.6 cm³/mol. The average molecular weight is 309 g/mol. The second-order valence-electron chi connectivity index (χ2n) is 4.55. The van der Waals surface area contributed by atoms with Crippen LogP contribution in [0.25, 0.3) is 0 Å². The Morgan fingerprint density at radius 2 is 1.86 bits per heavy atom. The molecule has 0 aliphatic heterocycles. The molecule has 1 rings (SSSR count). The number of hydrogen-bond donors (Lipinski definition) is 3. The average Bonchev–Trinajstić information content (AvgIpc) is 2.49. The fraction of sp³-hybridized carbons (Fsp3) is 0.357. The number of carbonyl (C=O) groups excluding carboxylic acids is 3. The monoisotopic (exact) mass is 309 g/mol. The Morgan fingerprint density at radius 3 is 2.41 bits per heavy atom. The predicted octanol–water partition coefficient (Wildman–Crippen LogP) is -0.944. The molecule has 120 valence electrons. The van der Waals surface area contributed by atoms with E-state index in [0.717, 1.165) is 5.56 Å². The minimum absolute atomic E-state index is 0.156. The van der Waals surface area contributed by atoms with Crippen molar-refractivity contribution >= 4 is 17.7 Å². The third-order valence-electron chi connectivity index (χ3n) is 2.86. The molecule has 8 nitrogen and oxygen atoms in total. The largest absolute Gasteiger partial charge is 0.497 e. The maximum Gasteiger partial charge on any atom is 0.249 e. The van der Waals surface area contributed by atoms with Gasteiger partial charge in [0, 0.05) is 0 Å². The minimum Gasteiger partial charge on any atom is -0.497 e. The minimum atomic E-state index is -1.56. The van der Waals surface area contributed by atoms with Crippen LogP contribution in [0.4, 0.5) is 0 Å². The highest BCUT2D eigenvalue weighted by molar-refractivity contribution is 6.05. The molecule has 0 aliphatic rings. The van der Waals surface area contributed by atoms with Crippen molar-refractivity contribution in [1.82, 2.24) is 5.32 Å². The maximum atomic E-state index is 11.8. The number of methoxy groups -OCH3 is 1. The van der Waals surface area contributed by atoms with Gasteiger partial charge in [0.15, 0.2) is 6.04 Å². The van der Waals surface area contributed by atoms with Crippen LogP contribution in [0, 0.1) is 0 Å². The molecule has 0 fully saturated rings. The molecule has 0 saturated heterocycles. The Balaban J connectivity index is 2.56. The standard InChI is InChI=1S/C14H19N3O5/c1-8(14(20)17-11(12(15)18)13(16)19)22-7-9-4-3-5-10(6-9)21-2/h3-6,8,11H,7H2,1-2H3,(H2,15,18)(H2,16,19)(H,17,20)/t8-/m1/s1. The Hall–Kier alpha value is -2.61. The van der Waals surface area contributed by atoms with Crippen LogP contribution in [-0.4, -0.2) is 37.0 Å². The van der Waals surface area contributed by atoms with Crippen molar-refractivity contribution in [2.45, 2.75) is 25.7 Å². The van der Waals surface area contributed by atoms with Crippen molar-refractivity contribution in [3.63, 3.8) is 0 Å². The molecule has 1 aromatic carbocycles. The van der Waals surface area contributed by atoms with E-state index in [9.17, 15) is 14.4 Å². The molecule has 0 radical (unpaired) electrons. The lowest BCUT2D eigenvalue weighted by molar-refractivity contribution is -0.139. The molecular weight excluding hydrogens is 290 g/mol. The van der Waals surface area contributed by atoms with E-state index in [1.807, 2.05) is 6.07 Å². The number of amides is 3. The number of carbonyl (C=O) groups is 3. The first-order valence-corrected chi connectivity index (χ1v) is 6.48. The van der Waals surface area contributed by atoms with Gasteiger partial charge in [0.05, 0.1) is 13.7 Å². The van der Waals surface area contributed by atoms with E-state index < -0.39 is 29.9 Å². The number of rotatable bonds is 8. The van der Waals surface area contributed by atoms with Gasteiger partial charge in [-0.2, -0.15) is 0 Å². The van der Waals surface area contributed by atoms with Crippen molar-refractivity contribution in [2.24, 2.45) is 11.5 Å². The summed E-state index contributed by atoms with van der Waals surface area (Å²) in [6.07, 6.45) is -0.896. The fourth-order valence-corrected chi connectivity index (χ4v) is 1.60. The van der Waals surface area contributed by atoms with Crippen LogP contribution in [0.3, 0.4) is 0 Å². The summed E-state index contributed by atoms with van der Waals surface area (Å²) in [5, 5.41) is 2.14. The first-order chi connectivity index (χ1) is 10.3. The Morgan fingerprint density at radius 1 is 1.23 bits per heavy atom. The lowest BCUT2D eigenvalue weighted by Crippen LogP contribution is -2.54. The van der Waals surface area contributed by atoms with Crippen molar-refractivity contribution in [1.29, 1.82) is 0 Å². The van der Waals surface area contributed by atoms with E-state index in [2.05, 4.69) is 5.32 Å². The second-order valence-corrected chi connectivity index (χ2v) is 4.55. The lowest BCUT2D eigenvalue weighted by atomic mass is 10.2. The van der Waals surface area contributed by atoms with Crippen LogP contribution in [-0.2, 0) is 25.7 Å². The van der Waals surface area contributed by atoms with Gasteiger partial charge in [-0.05, 0) is 24.6 Å². The molecule has 1 atom stereocenters. The smallest absolute Gasteiger partial charge is 0.249 e. The summed E-state index contributed by atoms with van der Waals surface area (Å²) in [5.41, 5.74) is 10.8. The van der Waals surface area contributed by atoms with Gasteiger partial charge >= 0.3 is 0 Å². The number of primary amides is 2. The van der Waals surface area contributed by atoms with Crippen LogP contribution in [0.15, 0.2) is 24.3 Å². The summed E-state index contributed by atoms with van der Waals surface area (Å²) in [4.78, 5) is 33.8. The molecule has 0 aromatic heterocycles. The molecule has 1 aromatic rings. The maximum absolute atomic E-state index is 11.8. The summed E-state index contributed by atoms with van der Waals surface area (Å²) < 4.78 is 10.5. The summed E-state index contributed by atoms with van der Waals surface area (Å²) in [6.45, 7) is 1.64. The van der Waals surface area contributed by atoms with Gasteiger partial charge in [0.2, 0.25) is 17.7 Å². The number of benzene rings is 1. The number of nitrogens with one attached hydrogen (secondary N) is 1. The van der Waals surface area contributed by atoms with Gasteiger partial charge in [-0.15, -0.1) is 0 Å². The van der Waals surface area contributed by atoms with E-state index in [0.29, 0.717) is 5.75 Å². The Bertz CT molecular complexity index is 547. The highest BCUT2D eigenvalue weighted by Gasteiger charge is 2.26. The molecule has 3 amide bonds. The van der Waals surface area contributed by atoms with Gasteiger partial charge in [0.25, 0.3) is 0 Å². The zero-order chi connectivity index (χ0) is 16.7. The zero-order valence-corrected chi connectivity index (χ0v) is 12.4. The normalized spacial score (nSPS) is 11.8. The quantitative estimate of drug-likeness (QED) is 0.533. The van der Waals surface area contributed by atoms with Crippen LogP contribution >= 0.6 is 0 Å². The third kappa shape index (κ3) is 5.06. The Kier molecular flexibility index (Phi) is 6.33. The number of ether oxygens (including phenoxy) is 2. The lowest BCUT2D eigenvalue weighted by Gasteiger charge is -2.17. The van der Waals surface area contributed by atoms with Crippen LogP contribution < -0.4 is 21.5 Å². The van der Waals surface area contributed by atoms with Crippen molar-refractivity contribution < 1.29 is 23.9 Å². The van der Waals surface area contributed by atoms with Gasteiger partial charge < -0.3 is 26.3 Å². The molecule has 0 aliphatic carbocycles. The molecule has 0 saturated carbocycles. The molecule has 0 spiro atoms. The van der Waals surface area contributed by atoms with Crippen LogP contribution in [0.1, 0.15) is 12.5 Å². The molecule has 0 unspecified atom stereocenters. The molecule has 8 heteroatoms. The number of nitrogens with two attached hydrogens (primary N) is 2. The van der Waals surface area contributed by atoms with Crippen LogP contribution in [0.2, 0.25) is 0 Å². The Labute approximate surface area is 127 Å². The number of hydrogen-bond acceptors (Lipinski definition) is 5. The molecule has 22 heavy (non-hydrogen) atoms. The summed E-state index contributed by atoms with van der Waals surface area (Å²) in [7, 11) is 1.55. The first-order valence-electron chi connectivity index (χ1n) is 6.48. The molecular formula is C14H19N3O5. The van der Waals surface area contributed by atoms with E-state index >= 15 is 0 Å². The van der Waals surface area contributed by atoms with Crippen LogP contribution in [0.5, 0.6) is 5.75 Å². The van der Waals surface area contributed by atoms with Crippen molar-refractivity contribution in [3.8, 4) is 5.75 Å². The van der Waals surface area contributed by atoms with Gasteiger partial charge in [-0.3, -0.25) is 14.4 Å². The molecule has 0 bridgehead atoms. The van der Waals surface area contributed by atoms with Crippen molar-refractivity contribution in [3.05, 3.63) is 29.8 Å².